The van der Waals surface area contributed by atoms with E-state index in [-0.39, 0.29) is 23.3 Å². The van der Waals surface area contributed by atoms with E-state index in [1.165, 1.54) is 0 Å². The topological polar surface area (TPSA) is 44.5 Å². The Hall–Kier alpha value is -1.06. The number of nitrogens with two attached hydrogens (primary N) is 1. The molecule has 1 aromatic carbocycles. The molecule has 0 saturated carbocycles. The fourth-order valence-electron chi connectivity index (χ4n) is 2.73. The molecule has 1 heterocycles. The maximum Gasteiger partial charge on any atom is 0.130 e. The second-order valence-corrected chi connectivity index (χ2v) is 6.64. The Kier molecular flexibility index (Phi) is 3.63. The molecule has 1 aromatic rings. The van der Waals surface area contributed by atoms with Gasteiger partial charge >= 0.3 is 0 Å². The lowest BCUT2D eigenvalue weighted by Crippen LogP contribution is -2.36. The Morgan fingerprint density at radius 3 is 2.53 bits per heavy atom. The summed E-state index contributed by atoms with van der Waals surface area (Å²) in [6.07, 6.45) is 0.952. The highest BCUT2D eigenvalue weighted by molar-refractivity contribution is 5.30. The summed E-state index contributed by atoms with van der Waals surface area (Å²) in [5, 5.41) is 0. The average Bonchev–Trinajstić information content (AvgIpc) is 2.47. The number of hydrogen-bond acceptors (Lipinski definition) is 3. The maximum absolute atomic E-state index is 6.14. The van der Waals surface area contributed by atoms with Crippen LogP contribution in [0.1, 0.15) is 52.6 Å². The lowest BCUT2D eigenvalue weighted by atomic mass is 9.97. The van der Waals surface area contributed by atoms with Crippen molar-refractivity contribution in [1.82, 2.24) is 0 Å². The first-order valence-electron chi connectivity index (χ1n) is 6.92. The highest BCUT2D eigenvalue weighted by Crippen LogP contribution is 2.39. The molecule has 0 radical (unpaired) electrons. The summed E-state index contributed by atoms with van der Waals surface area (Å²) in [7, 11) is 0. The fourth-order valence-corrected chi connectivity index (χ4v) is 2.73. The minimum Gasteiger partial charge on any atom is -0.487 e. The minimum absolute atomic E-state index is 0.0211. The Morgan fingerprint density at radius 1 is 1.32 bits per heavy atom. The minimum atomic E-state index is -0.270. The zero-order chi connectivity index (χ0) is 14.3. The normalized spacial score (nSPS) is 26.1. The first-order chi connectivity index (χ1) is 8.70. The molecule has 2 atom stereocenters. The van der Waals surface area contributed by atoms with E-state index >= 15 is 0 Å². The van der Waals surface area contributed by atoms with Crippen LogP contribution in [0.15, 0.2) is 24.3 Å². The van der Waals surface area contributed by atoms with Gasteiger partial charge in [-0.1, -0.05) is 12.1 Å². The van der Waals surface area contributed by atoms with Gasteiger partial charge in [0.2, 0.25) is 0 Å². The van der Waals surface area contributed by atoms with Crippen molar-refractivity contribution in [3.63, 3.8) is 0 Å². The van der Waals surface area contributed by atoms with E-state index < -0.39 is 0 Å². The Balaban J connectivity index is 2.15. The van der Waals surface area contributed by atoms with Crippen molar-refractivity contribution in [2.75, 3.05) is 0 Å². The van der Waals surface area contributed by atoms with Gasteiger partial charge in [-0.2, -0.15) is 0 Å². The van der Waals surface area contributed by atoms with Crippen molar-refractivity contribution in [3.05, 3.63) is 29.8 Å². The molecule has 0 spiro atoms. The van der Waals surface area contributed by atoms with Crippen molar-refractivity contribution in [3.8, 4) is 5.75 Å². The standard InChI is InChI=1S/C16H25NO2/c1-11(17)12-7-6-8-13(9-12)18-14-10-15(2,3)19-16(14,4)5/h6-9,11,14H,10,17H2,1-5H3/t11-,14?/m0/s1. The van der Waals surface area contributed by atoms with Crippen LogP contribution in [0.4, 0.5) is 0 Å². The molecule has 1 unspecified atom stereocenters. The highest BCUT2D eigenvalue weighted by Gasteiger charge is 2.47. The molecule has 0 aromatic heterocycles. The molecular formula is C16H25NO2. The fraction of sp³-hybridized carbons (Fsp3) is 0.625. The molecule has 3 heteroatoms. The Labute approximate surface area is 116 Å². The third-order valence-electron chi connectivity index (χ3n) is 3.65. The Morgan fingerprint density at radius 2 is 2.00 bits per heavy atom. The summed E-state index contributed by atoms with van der Waals surface area (Å²) in [6, 6.07) is 8.03. The van der Waals surface area contributed by atoms with Gasteiger partial charge in [0.25, 0.3) is 0 Å². The van der Waals surface area contributed by atoms with Gasteiger partial charge in [0.15, 0.2) is 0 Å². The largest absolute Gasteiger partial charge is 0.487 e. The predicted octanol–water partition coefficient (Wildman–Crippen LogP) is 3.43. The second-order valence-electron chi connectivity index (χ2n) is 6.64. The van der Waals surface area contributed by atoms with Crippen LogP contribution in [-0.4, -0.2) is 17.3 Å². The van der Waals surface area contributed by atoms with Gasteiger partial charge in [0.1, 0.15) is 17.5 Å². The van der Waals surface area contributed by atoms with Gasteiger partial charge in [0, 0.05) is 12.5 Å². The van der Waals surface area contributed by atoms with E-state index in [0.717, 1.165) is 17.7 Å². The number of rotatable bonds is 3. The van der Waals surface area contributed by atoms with Crippen molar-refractivity contribution in [2.45, 2.75) is 64.4 Å². The van der Waals surface area contributed by atoms with Gasteiger partial charge in [-0.15, -0.1) is 0 Å². The summed E-state index contributed by atoms with van der Waals surface area (Å²) >= 11 is 0. The number of ether oxygens (including phenoxy) is 2. The summed E-state index contributed by atoms with van der Waals surface area (Å²) in [6.45, 7) is 10.4. The first kappa shape index (κ1) is 14.4. The molecule has 3 nitrogen and oxygen atoms in total. The smallest absolute Gasteiger partial charge is 0.130 e. The molecule has 1 aliphatic rings. The van der Waals surface area contributed by atoms with Gasteiger partial charge in [0.05, 0.1) is 5.60 Å². The second kappa shape index (κ2) is 4.80. The number of benzene rings is 1. The van der Waals surface area contributed by atoms with Crippen LogP contribution in [0.25, 0.3) is 0 Å². The molecule has 19 heavy (non-hydrogen) atoms. The van der Waals surface area contributed by atoms with Gasteiger partial charge in [-0.3, -0.25) is 0 Å². The first-order valence-corrected chi connectivity index (χ1v) is 6.92. The molecule has 2 N–H and O–H groups in total. The van der Waals surface area contributed by atoms with Crippen LogP contribution in [-0.2, 0) is 4.74 Å². The van der Waals surface area contributed by atoms with E-state index in [1.54, 1.807) is 0 Å². The quantitative estimate of drug-likeness (QED) is 0.908. The molecule has 1 aliphatic heterocycles. The maximum atomic E-state index is 6.14. The van der Waals surface area contributed by atoms with E-state index in [0.29, 0.717) is 0 Å². The van der Waals surface area contributed by atoms with Crippen molar-refractivity contribution >= 4 is 0 Å². The molecular weight excluding hydrogens is 238 g/mol. The van der Waals surface area contributed by atoms with Gasteiger partial charge < -0.3 is 15.2 Å². The summed E-state index contributed by atoms with van der Waals surface area (Å²) in [4.78, 5) is 0. The zero-order valence-corrected chi connectivity index (χ0v) is 12.6. The summed E-state index contributed by atoms with van der Waals surface area (Å²) < 4.78 is 12.2. The van der Waals surface area contributed by atoms with Crippen LogP contribution in [0.5, 0.6) is 5.75 Å². The molecule has 2 rings (SSSR count). The van der Waals surface area contributed by atoms with E-state index in [2.05, 4.69) is 27.7 Å². The van der Waals surface area contributed by atoms with Crippen LogP contribution >= 0.6 is 0 Å². The monoisotopic (exact) mass is 263 g/mol. The van der Waals surface area contributed by atoms with Gasteiger partial charge in [-0.25, -0.2) is 0 Å². The summed E-state index contributed by atoms with van der Waals surface area (Å²) in [5.74, 6) is 0.870. The molecule has 0 aliphatic carbocycles. The average molecular weight is 263 g/mol. The lowest BCUT2D eigenvalue weighted by Gasteiger charge is -2.27. The zero-order valence-electron chi connectivity index (χ0n) is 12.6. The summed E-state index contributed by atoms with van der Waals surface area (Å²) in [5.41, 5.74) is 6.60. The van der Waals surface area contributed by atoms with Crippen molar-refractivity contribution < 1.29 is 9.47 Å². The highest BCUT2D eigenvalue weighted by atomic mass is 16.6. The third kappa shape index (κ3) is 3.28. The van der Waals surface area contributed by atoms with E-state index in [1.807, 2.05) is 31.2 Å². The Bertz CT molecular complexity index is 452. The van der Waals surface area contributed by atoms with Crippen LogP contribution in [0, 0.1) is 0 Å². The van der Waals surface area contributed by atoms with Crippen LogP contribution in [0.3, 0.4) is 0 Å². The molecule has 1 saturated heterocycles. The molecule has 1 fully saturated rings. The van der Waals surface area contributed by atoms with Crippen LogP contribution in [0.2, 0.25) is 0 Å². The third-order valence-corrected chi connectivity index (χ3v) is 3.65. The van der Waals surface area contributed by atoms with Crippen LogP contribution < -0.4 is 10.5 Å². The molecule has 0 amide bonds. The van der Waals surface area contributed by atoms with E-state index in [4.69, 9.17) is 15.2 Å². The van der Waals surface area contributed by atoms with Gasteiger partial charge in [-0.05, 0) is 52.3 Å². The lowest BCUT2D eigenvalue weighted by molar-refractivity contribution is -0.0846. The SMILES string of the molecule is C[C@H](N)c1cccc(OC2CC(C)(C)OC2(C)C)c1. The van der Waals surface area contributed by atoms with Crippen molar-refractivity contribution in [1.29, 1.82) is 0 Å². The molecule has 0 bridgehead atoms. The number of hydrogen-bond donors (Lipinski definition) is 1. The molecule has 106 valence electrons. The predicted molar refractivity (Wildman–Crippen MR) is 77.3 cm³/mol. The van der Waals surface area contributed by atoms with Crippen molar-refractivity contribution in [2.24, 2.45) is 5.73 Å². The van der Waals surface area contributed by atoms with E-state index in [9.17, 15) is 0 Å².